The van der Waals surface area contributed by atoms with E-state index in [0.717, 1.165) is 28.0 Å². The number of anilines is 1. The van der Waals surface area contributed by atoms with Crippen LogP contribution in [0.5, 0.6) is 0 Å². The molecule has 0 saturated carbocycles. The van der Waals surface area contributed by atoms with Crippen LogP contribution >= 0.6 is 57.6 Å². The predicted octanol–water partition coefficient (Wildman–Crippen LogP) is 7.11. The van der Waals surface area contributed by atoms with Crippen LogP contribution in [-0.4, -0.2) is 67.7 Å². The first kappa shape index (κ1) is 36.4. The minimum atomic E-state index is -1.27. The number of thiazole rings is 2. The average molecular weight is 804 g/mol. The number of amides is 2. The zero-order valence-electron chi connectivity index (χ0n) is 27.6. The zero-order valence-corrected chi connectivity index (χ0v) is 31.6. The van der Waals surface area contributed by atoms with Crippen LogP contribution in [0.25, 0.3) is 6.08 Å². The van der Waals surface area contributed by atoms with Gasteiger partial charge in [0.25, 0.3) is 11.8 Å². The van der Waals surface area contributed by atoms with Crippen molar-refractivity contribution in [3.63, 3.8) is 0 Å². The SMILES string of the molecule is CON=C(C(=O)NC1C(=O)N2C(C(=O)O)=C(C=Cc3sc(Cl)nc3Cl)CS[C@H]12)c1csc(NC(c2ccccc2)(c2ccccc2)c2ccccc2)n1. The summed E-state index contributed by atoms with van der Waals surface area (Å²) in [5.74, 6) is -2.29. The number of fused-ring (bicyclic) bond motifs is 1. The molecule has 4 heterocycles. The first-order valence-corrected chi connectivity index (χ1v) is 19.4. The number of thioether (sulfide) groups is 1. The Bertz CT molecular complexity index is 2170. The number of aliphatic carboxylic acids is 1. The maximum atomic E-state index is 13.8. The Hall–Kier alpha value is -4.99. The van der Waals surface area contributed by atoms with Crippen molar-refractivity contribution in [1.82, 2.24) is 20.2 Å². The molecule has 5 aromatic rings. The third-order valence-electron chi connectivity index (χ3n) is 8.57. The molecule has 2 atom stereocenters. The summed E-state index contributed by atoms with van der Waals surface area (Å²) in [6.07, 6.45) is 3.20. The van der Waals surface area contributed by atoms with E-state index in [9.17, 15) is 19.5 Å². The van der Waals surface area contributed by atoms with Crippen LogP contribution in [0.1, 0.15) is 27.3 Å². The molecule has 2 amide bonds. The minimum absolute atomic E-state index is 0.147. The lowest BCUT2D eigenvalue weighted by Crippen LogP contribution is -2.71. The Labute approximate surface area is 326 Å². The number of β-lactam (4-membered cyclic amide) rings is 1. The number of allylic oxidation sites excluding steroid dienone is 1. The Morgan fingerprint density at radius 3 is 2.09 bits per heavy atom. The Balaban J connectivity index is 1.14. The second-order valence-electron chi connectivity index (χ2n) is 11.6. The Morgan fingerprint density at radius 2 is 1.57 bits per heavy atom. The van der Waals surface area contributed by atoms with E-state index in [1.165, 1.54) is 35.1 Å². The predicted molar refractivity (Wildman–Crippen MR) is 209 cm³/mol. The van der Waals surface area contributed by atoms with E-state index >= 15 is 0 Å². The van der Waals surface area contributed by atoms with Crippen LogP contribution in [0.2, 0.25) is 9.62 Å². The van der Waals surface area contributed by atoms with E-state index < -0.39 is 34.7 Å². The molecular weight excluding hydrogens is 776 g/mol. The molecule has 2 aliphatic heterocycles. The number of nitrogens with zero attached hydrogens (tertiary/aromatic N) is 4. The van der Waals surface area contributed by atoms with Gasteiger partial charge < -0.3 is 20.6 Å². The molecule has 1 unspecified atom stereocenters. The standard InChI is InChI=1S/C37H28Cl2N6O5S3/c1-50-44-27(31(46)41-28-32(47)45-29(34(48)49)21(19-51-33(28)45)17-18-26-30(38)42-35(39)53-26)25-20-52-36(40-25)43-37(22-11-5-2-6-12-22,23-13-7-3-8-14-23)24-15-9-4-10-16-24/h2-18,20,28,33H,19H2,1H3,(H,40,43)(H,41,46)(H,48,49)/t28?,33-/m1/s1. The number of carbonyl (C=O) groups is 3. The highest BCUT2D eigenvalue weighted by molar-refractivity contribution is 8.00. The monoisotopic (exact) mass is 802 g/mol. The van der Waals surface area contributed by atoms with E-state index in [0.29, 0.717) is 15.6 Å². The number of oxime groups is 1. The van der Waals surface area contributed by atoms with Crippen LogP contribution in [0, 0.1) is 0 Å². The summed E-state index contributed by atoms with van der Waals surface area (Å²) in [5, 5.41) is 22.2. The highest BCUT2D eigenvalue weighted by Gasteiger charge is 2.54. The smallest absolute Gasteiger partial charge is 0.352 e. The molecular formula is C37H28Cl2N6O5S3. The summed E-state index contributed by atoms with van der Waals surface area (Å²) in [5.41, 5.74) is 2.36. The fourth-order valence-electron chi connectivity index (χ4n) is 6.22. The molecule has 268 valence electrons. The van der Waals surface area contributed by atoms with Gasteiger partial charge in [-0.3, -0.25) is 14.5 Å². The number of benzene rings is 3. The first-order valence-electron chi connectivity index (χ1n) is 15.9. The summed E-state index contributed by atoms with van der Waals surface area (Å²) in [7, 11) is 1.31. The normalized spacial score (nSPS) is 17.4. The van der Waals surface area contributed by atoms with Crippen LogP contribution in [0.15, 0.2) is 119 Å². The van der Waals surface area contributed by atoms with Gasteiger partial charge in [0, 0.05) is 11.1 Å². The maximum absolute atomic E-state index is 13.8. The maximum Gasteiger partial charge on any atom is 0.352 e. The van der Waals surface area contributed by atoms with Crippen molar-refractivity contribution in [1.29, 1.82) is 0 Å². The molecule has 3 N–H and O–H groups in total. The van der Waals surface area contributed by atoms with Crippen LogP contribution in [-0.2, 0) is 24.8 Å². The number of hydrogen-bond acceptors (Lipinski definition) is 11. The van der Waals surface area contributed by atoms with E-state index in [2.05, 4.69) is 20.8 Å². The number of rotatable bonds is 12. The van der Waals surface area contributed by atoms with Crippen molar-refractivity contribution in [2.75, 3.05) is 18.2 Å². The molecule has 1 saturated heterocycles. The van der Waals surface area contributed by atoms with E-state index in [1.807, 2.05) is 91.0 Å². The molecule has 3 aromatic carbocycles. The minimum Gasteiger partial charge on any atom is -0.477 e. The van der Waals surface area contributed by atoms with Gasteiger partial charge in [-0.15, -0.1) is 34.4 Å². The summed E-state index contributed by atoms with van der Waals surface area (Å²) >= 11 is 15.8. The number of halogens is 2. The molecule has 0 bridgehead atoms. The fourth-order valence-corrected chi connectivity index (χ4v) is 9.57. The second kappa shape index (κ2) is 15.5. The van der Waals surface area contributed by atoms with E-state index in [1.54, 1.807) is 17.5 Å². The van der Waals surface area contributed by atoms with E-state index in [4.69, 9.17) is 33.0 Å². The van der Waals surface area contributed by atoms with Gasteiger partial charge in [-0.25, -0.2) is 14.8 Å². The lowest BCUT2D eigenvalue weighted by atomic mass is 9.77. The van der Waals surface area contributed by atoms with Crippen LogP contribution in [0.3, 0.4) is 0 Å². The number of aromatic nitrogens is 2. The number of carboxylic acid groups (broad SMARTS) is 1. The summed E-state index contributed by atoms with van der Waals surface area (Å²) in [4.78, 5) is 55.1. The van der Waals surface area contributed by atoms with Gasteiger partial charge in [0.15, 0.2) is 15.3 Å². The quantitative estimate of drug-likeness (QED) is 0.0520. The third-order valence-corrected chi connectivity index (χ3v) is 12.2. The molecule has 2 aliphatic rings. The van der Waals surface area contributed by atoms with Crippen LogP contribution in [0.4, 0.5) is 5.13 Å². The van der Waals surface area contributed by atoms with Crippen molar-refractivity contribution in [2.24, 2.45) is 5.16 Å². The third kappa shape index (κ3) is 7.08. The van der Waals surface area contributed by atoms with Gasteiger partial charge in [-0.05, 0) is 28.3 Å². The fraction of sp³-hybridized carbons (Fsp3) is 0.135. The molecule has 0 aliphatic carbocycles. The highest BCUT2D eigenvalue weighted by atomic mass is 35.5. The lowest BCUT2D eigenvalue weighted by Gasteiger charge is -2.49. The molecule has 53 heavy (non-hydrogen) atoms. The molecule has 0 radical (unpaired) electrons. The summed E-state index contributed by atoms with van der Waals surface area (Å²) in [6.45, 7) is 0. The summed E-state index contributed by atoms with van der Waals surface area (Å²) < 4.78 is 0.248. The largest absolute Gasteiger partial charge is 0.477 e. The molecule has 11 nitrogen and oxygen atoms in total. The second-order valence-corrected chi connectivity index (χ2v) is 15.6. The van der Waals surface area contributed by atoms with E-state index in [-0.39, 0.29) is 32.5 Å². The number of carboxylic acids is 1. The van der Waals surface area contributed by atoms with Gasteiger partial charge in [0.05, 0.1) is 4.88 Å². The summed E-state index contributed by atoms with van der Waals surface area (Å²) in [6, 6.07) is 29.0. The van der Waals surface area contributed by atoms with Gasteiger partial charge in [0.2, 0.25) is 0 Å². The van der Waals surface area contributed by atoms with Gasteiger partial charge in [-0.1, -0.05) is 125 Å². The van der Waals surface area contributed by atoms with Crippen molar-refractivity contribution in [3.8, 4) is 0 Å². The molecule has 16 heteroatoms. The van der Waals surface area contributed by atoms with Gasteiger partial charge in [0.1, 0.15) is 40.6 Å². The molecule has 1 fully saturated rings. The van der Waals surface area contributed by atoms with Crippen molar-refractivity contribution in [3.05, 3.63) is 151 Å². The highest BCUT2D eigenvalue weighted by Crippen LogP contribution is 2.42. The molecule has 7 rings (SSSR count). The average Bonchev–Trinajstić information content (AvgIpc) is 3.78. The van der Waals surface area contributed by atoms with Crippen LogP contribution < -0.4 is 10.6 Å². The molecule has 2 aromatic heterocycles. The molecule has 0 spiro atoms. The lowest BCUT2D eigenvalue weighted by molar-refractivity contribution is -0.150. The van der Waals surface area contributed by atoms with Crippen molar-refractivity contribution >= 4 is 92.3 Å². The topological polar surface area (TPSA) is 146 Å². The first-order chi connectivity index (χ1) is 25.7. The Kier molecular flexibility index (Phi) is 10.7. The number of nitrogens with one attached hydrogen (secondary N) is 2. The van der Waals surface area contributed by atoms with Gasteiger partial charge in [-0.2, -0.15) is 0 Å². The number of hydrogen-bond donors (Lipinski definition) is 3. The van der Waals surface area contributed by atoms with Gasteiger partial charge >= 0.3 is 5.97 Å². The number of carbonyl (C=O) groups excluding carboxylic acids is 2. The van der Waals surface area contributed by atoms with Crippen molar-refractivity contribution in [2.45, 2.75) is 17.0 Å². The Morgan fingerprint density at radius 1 is 0.962 bits per heavy atom. The zero-order chi connectivity index (χ0) is 37.1. The van der Waals surface area contributed by atoms with Crippen molar-refractivity contribution < 1.29 is 24.3 Å².